The minimum Gasteiger partial charge on any atom is -0.497 e. The number of benzene rings is 7. The Hall–Kier alpha value is -7.53. The number of aromatic nitrogens is 4. The standard InChI is InChI=1S/C60H59N7O3/c1-41-13-20-47(21-14-41)60(46-11-7-6-8-12-46,48-22-27-50(68-3)28-23-48)70-36-10-5-4-9-35-69-51-25-17-42(18-26-51)54-37-43-15-16-44(38-55(43)61-54)58-62-52-29-19-45(39-56(52)64-58)59-63-53-30-24-49(40-57(53)65-59)67-33-31-66(2)32-34-67/h6-8,11-30,38-40H,4-5,9-10,31-37H2,1-3H3,(H,62,64)(H,63,65). The van der Waals surface area contributed by atoms with E-state index in [1.54, 1.807) is 7.11 Å². The van der Waals surface area contributed by atoms with Crippen molar-refractivity contribution in [3.05, 3.63) is 191 Å². The molecule has 2 N–H and O–H groups in total. The van der Waals surface area contributed by atoms with Crippen molar-refractivity contribution in [3.8, 4) is 34.3 Å². The maximum atomic E-state index is 7.04. The molecule has 1 fully saturated rings. The number of unbranched alkanes of at least 4 members (excludes halogenated alkanes) is 3. The SMILES string of the molecule is COc1ccc(C(OCCCCCCOc2ccc(C3=Nc4cc(-c5nc6ccc(-c7nc8ccc(N9CCN(C)CC9)cc8[nH]7)cc6[nH]5)ccc4C3)cc2)(c2ccccc2)c2ccc(C)cc2)cc1. The Morgan fingerprint density at radius 2 is 1.17 bits per heavy atom. The molecule has 1 saturated heterocycles. The molecule has 352 valence electrons. The van der Waals surface area contributed by atoms with E-state index < -0.39 is 5.60 Å². The summed E-state index contributed by atoms with van der Waals surface area (Å²) in [5.41, 5.74) is 15.3. The van der Waals surface area contributed by atoms with Crippen LogP contribution in [0.25, 0.3) is 44.8 Å². The van der Waals surface area contributed by atoms with Crippen LogP contribution in [0.15, 0.2) is 163 Å². The van der Waals surface area contributed by atoms with Crippen molar-refractivity contribution >= 4 is 39.2 Å². The average molecular weight is 926 g/mol. The molecule has 0 spiro atoms. The van der Waals surface area contributed by atoms with Gasteiger partial charge in [-0.25, -0.2) is 9.97 Å². The summed E-state index contributed by atoms with van der Waals surface area (Å²) in [6.07, 6.45) is 4.80. The van der Waals surface area contributed by atoms with Crippen LogP contribution in [-0.2, 0) is 16.8 Å². The molecule has 70 heavy (non-hydrogen) atoms. The van der Waals surface area contributed by atoms with Gasteiger partial charge < -0.3 is 34.0 Å². The van der Waals surface area contributed by atoms with Gasteiger partial charge in [0.15, 0.2) is 0 Å². The van der Waals surface area contributed by atoms with E-state index in [1.807, 2.05) is 12.1 Å². The predicted octanol–water partition coefficient (Wildman–Crippen LogP) is 12.5. The number of methoxy groups -OCH3 is 1. The molecule has 2 aromatic heterocycles. The van der Waals surface area contributed by atoms with Gasteiger partial charge >= 0.3 is 0 Å². The maximum absolute atomic E-state index is 7.04. The summed E-state index contributed by atoms with van der Waals surface area (Å²) in [6.45, 7) is 7.62. The molecule has 0 radical (unpaired) electrons. The summed E-state index contributed by atoms with van der Waals surface area (Å²) in [5.74, 6) is 3.37. The molecule has 0 amide bonds. The van der Waals surface area contributed by atoms with Gasteiger partial charge in [0.2, 0.25) is 0 Å². The van der Waals surface area contributed by atoms with Gasteiger partial charge in [-0.2, -0.15) is 0 Å². The Balaban J connectivity index is 0.682. The second-order valence-corrected chi connectivity index (χ2v) is 18.8. The number of ether oxygens (including phenoxy) is 3. The van der Waals surface area contributed by atoms with Gasteiger partial charge in [0.1, 0.15) is 28.7 Å². The molecule has 0 bridgehead atoms. The molecule has 2 aliphatic rings. The lowest BCUT2D eigenvalue weighted by Crippen LogP contribution is -2.44. The number of aryl methyl sites for hydroxylation is 1. The van der Waals surface area contributed by atoms with Crippen molar-refractivity contribution in [1.29, 1.82) is 0 Å². The summed E-state index contributed by atoms with van der Waals surface area (Å²) in [4.78, 5) is 27.0. The molecule has 1 atom stereocenters. The van der Waals surface area contributed by atoms with Crippen molar-refractivity contribution in [2.24, 2.45) is 4.99 Å². The van der Waals surface area contributed by atoms with Crippen molar-refractivity contribution in [1.82, 2.24) is 24.8 Å². The first-order chi connectivity index (χ1) is 34.4. The van der Waals surface area contributed by atoms with Crippen LogP contribution in [0.2, 0.25) is 0 Å². The molecule has 9 aromatic rings. The predicted molar refractivity (Wildman–Crippen MR) is 283 cm³/mol. The number of likely N-dealkylation sites (N-methyl/N-ethyl adjacent to an activating group) is 1. The maximum Gasteiger partial charge on any atom is 0.143 e. The summed E-state index contributed by atoms with van der Waals surface area (Å²) in [7, 11) is 3.88. The summed E-state index contributed by atoms with van der Waals surface area (Å²) in [5, 5.41) is 0. The fourth-order valence-corrected chi connectivity index (χ4v) is 9.94. The highest BCUT2D eigenvalue weighted by Gasteiger charge is 2.37. The largest absolute Gasteiger partial charge is 0.497 e. The van der Waals surface area contributed by atoms with Gasteiger partial charge in [-0.3, -0.25) is 4.99 Å². The number of rotatable bonds is 17. The topological polar surface area (TPSA) is 104 Å². The van der Waals surface area contributed by atoms with Crippen LogP contribution in [0.4, 0.5) is 11.4 Å². The lowest BCUT2D eigenvalue weighted by molar-refractivity contribution is 0.0105. The molecule has 0 aliphatic carbocycles. The molecule has 10 nitrogen and oxygen atoms in total. The minimum absolute atomic E-state index is 0.622. The number of anilines is 1. The third-order valence-electron chi connectivity index (χ3n) is 14.0. The van der Waals surface area contributed by atoms with Crippen LogP contribution in [0.3, 0.4) is 0 Å². The van der Waals surface area contributed by atoms with Crippen LogP contribution >= 0.6 is 0 Å². The summed E-state index contributed by atoms with van der Waals surface area (Å²) in [6, 6.07) is 55.2. The van der Waals surface area contributed by atoms with Crippen molar-refractivity contribution in [2.75, 3.05) is 58.5 Å². The first-order valence-corrected chi connectivity index (χ1v) is 24.7. The lowest BCUT2D eigenvalue weighted by Gasteiger charge is -2.36. The Labute approximate surface area is 410 Å². The fraction of sp³-hybridized carbons (Fsp3) is 0.250. The second kappa shape index (κ2) is 19.8. The van der Waals surface area contributed by atoms with Crippen molar-refractivity contribution in [2.45, 2.75) is 44.6 Å². The quantitative estimate of drug-likeness (QED) is 0.0692. The Kier molecular flexibility index (Phi) is 12.7. The lowest BCUT2D eigenvalue weighted by atomic mass is 9.79. The molecule has 4 heterocycles. The molecule has 0 saturated carbocycles. The monoisotopic (exact) mass is 925 g/mol. The average Bonchev–Trinajstić information content (AvgIpc) is 4.16. The summed E-state index contributed by atoms with van der Waals surface area (Å²) >= 11 is 0. The summed E-state index contributed by atoms with van der Waals surface area (Å²) < 4.78 is 18.8. The van der Waals surface area contributed by atoms with Gasteiger partial charge in [-0.15, -0.1) is 0 Å². The Morgan fingerprint density at radius 3 is 1.89 bits per heavy atom. The molecular formula is C60H59N7O3. The van der Waals surface area contributed by atoms with Gasteiger partial charge in [-0.05, 0) is 140 Å². The van der Waals surface area contributed by atoms with E-state index in [9.17, 15) is 0 Å². The highest BCUT2D eigenvalue weighted by molar-refractivity contribution is 6.07. The van der Waals surface area contributed by atoms with E-state index in [1.165, 1.54) is 16.8 Å². The van der Waals surface area contributed by atoms with Crippen molar-refractivity contribution in [3.63, 3.8) is 0 Å². The van der Waals surface area contributed by atoms with E-state index in [2.05, 4.69) is 179 Å². The van der Waals surface area contributed by atoms with Crippen LogP contribution in [0.5, 0.6) is 11.5 Å². The van der Waals surface area contributed by atoms with Crippen LogP contribution in [-0.4, -0.2) is 84.1 Å². The number of nitrogens with one attached hydrogen (secondary N) is 2. The first kappa shape index (κ1) is 44.9. The van der Waals surface area contributed by atoms with E-state index in [-0.39, 0.29) is 0 Å². The molecular weight excluding hydrogens is 867 g/mol. The minimum atomic E-state index is -0.747. The molecule has 10 heteroatoms. The fourth-order valence-electron chi connectivity index (χ4n) is 9.94. The molecule has 2 aliphatic heterocycles. The van der Waals surface area contributed by atoms with E-state index in [0.29, 0.717) is 13.2 Å². The van der Waals surface area contributed by atoms with Crippen molar-refractivity contribution < 1.29 is 14.2 Å². The van der Waals surface area contributed by atoms with E-state index in [4.69, 9.17) is 29.2 Å². The molecule has 11 rings (SSSR count). The van der Waals surface area contributed by atoms with Gasteiger partial charge in [0.25, 0.3) is 0 Å². The number of hydrogen-bond donors (Lipinski definition) is 2. The molecule has 7 aromatic carbocycles. The van der Waals surface area contributed by atoms with Gasteiger partial charge in [-0.1, -0.05) is 90.8 Å². The zero-order chi connectivity index (χ0) is 47.4. The number of aromatic amines is 2. The first-order valence-electron chi connectivity index (χ1n) is 24.7. The number of aliphatic imine (C=N–C) groups is 1. The number of piperazine rings is 1. The number of nitrogens with zero attached hydrogens (tertiary/aromatic N) is 5. The van der Waals surface area contributed by atoms with Gasteiger partial charge in [0, 0.05) is 56.0 Å². The zero-order valence-electron chi connectivity index (χ0n) is 40.3. The number of imidazole rings is 2. The normalized spacial score (nSPS) is 14.7. The van der Waals surface area contributed by atoms with Crippen LogP contribution in [0.1, 0.15) is 59.1 Å². The van der Waals surface area contributed by atoms with Gasteiger partial charge in [0.05, 0.1) is 47.2 Å². The van der Waals surface area contributed by atoms with E-state index in [0.717, 1.165) is 148 Å². The van der Waals surface area contributed by atoms with E-state index >= 15 is 0 Å². The number of fused-ring (bicyclic) bond motifs is 3. The zero-order valence-corrected chi connectivity index (χ0v) is 40.3. The second-order valence-electron chi connectivity index (χ2n) is 18.8. The highest BCUT2D eigenvalue weighted by Crippen LogP contribution is 2.42. The third-order valence-corrected chi connectivity index (χ3v) is 14.0. The van der Waals surface area contributed by atoms with Crippen LogP contribution < -0.4 is 14.4 Å². The van der Waals surface area contributed by atoms with Crippen LogP contribution in [0, 0.1) is 6.92 Å². The number of H-pyrrole nitrogens is 2. The number of hydrogen-bond acceptors (Lipinski definition) is 8. The Morgan fingerprint density at radius 1 is 0.571 bits per heavy atom. The molecule has 1 unspecified atom stereocenters. The third kappa shape index (κ3) is 9.32. The smallest absolute Gasteiger partial charge is 0.143 e. The highest BCUT2D eigenvalue weighted by atomic mass is 16.5. The Bertz CT molecular complexity index is 3260.